The topological polar surface area (TPSA) is 75.6 Å². The number of rotatable bonds is 7. The highest BCUT2D eigenvalue weighted by Gasteiger charge is 2.09. The summed E-state index contributed by atoms with van der Waals surface area (Å²) in [6, 6.07) is 16.0. The average Bonchev–Trinajstić information content (AvgIpc) is 2.53. The van der Waals surface area contributed by atoms with Gasteiger partial charge in [-0.3, -0.25) is 9.59 Å². The summed E-state index contributed by atoms with van der Waals surface area (Å²) in [6.07, 6.45) is 0.467. The summed E-state index contributed by atoms with van der Waals surface area (Å²) >= 11 is 0. The van der Waals surface area contributed by atoms with Gasteiger partial charge in [0.2, 0.25) is 0 Å². The summed E-state index contributed by atoms with van der Waals surface area (Å²) in [5.41, 5.74) is 1.12. The van der Waals surface area contributed by atoms with Gasteiger partial charge in [-0.2, -0.15) is 0 Å². The van der Waals surface area contributed by atoms with E-state index in [4.69, 9.17) is 9.84 Å². The molecule has 2 aromatic carbocycles. The van der Waals surface area contributed by atoms with Crippen LogP contribution < -0.4 is 10.1 Å². The van der Waals surface area contributed by atoms with Crippen LogP contribution in [-0.2, 0) is 4.79 Å². The molecule has 22 heavy (non-hydrogen) atoms. The van der Waals surface area contributed by atoms with Crippen LogP contribution in [0.25, 0.3) is 0 Å². The molecule has 0 radical (unpaired) electrons. The summed E-state index contributed by atoms with van der Waals surface area (Å²) in [7, 11) is 0. The van der Waals surface area contributed by atoms with Crippen molar-refractivity contribution in [1.29, 1.82) is 0 Å². The lowest BCUT2D eigenvalue weighted by atomic mass is 10.2. The number of carboxylic acids is 1. The summed E-state index contributed by atoms with van der Waals surface area (Å²) in [5, 5.41) is 11.4. The molecule has 0 aliphatic rings. The number of carbonyl (C=O) groups is 2. The van der Waals surface area contributed by atoms with Crippen molar-refractivity contribution in [2.75, 3.05) is 11.9 Å². The zero-order chi connectivity index (χ0) is 15.8. The zero-order valence-electron chi connectivity index (χ0n) is 12.0. The highest BCUT2D eigenvalue weighted by atomic mass is 16.5. The number of carboxylic acid groups (broad SMARTS) is 1. The molecular weight excluding hydrogens is 282 g/mol. The number of para-hydroxylation sites is 2. The van der Waals surface area contributed by atoms with Crippen molar-refractivity contribution in [2.24, 2.45) is 0 Å². The lowest BCUT2D eigenvalue weighted by Crippen LogP contribution is -2.13. The van der Waals surface area contributed by atoms with Crippen LogP contribution in [0.1, 0.15) is 23.2 Å². The van der Waals surface area contributed by atoms with Crippen LogP contribution >= 0.6 is 0 Å². The molecule has 114 valence electrons. The Morgan fingerprint density at radius 2 is 1.68 bits per heavy atom. The van der Waals surface area contributed by atoms with Gasteiger partial charge in [0.25, 0.3) is 5.91 Å². The van der Waals surface area contributed by atoms with Crippen molar-refractivity contribution in [2.45, 2.75) is 12.8 Å². The third-order valence-corrected chi connectivity index (χ3v) is 2.96. The van der Waals surface area contributed by atoms with Crippen LogP contribution in [0.2, 0.25) is 0 Å². The average molecular weight is 299 g/mol. The molecule has 0 aromatic heterocycles. The Labute approximate surface area is 128 Å². The standard InChI is InChI=1S/C17H17NO4/c19-16(20)11-6-12-22-15-10-5-4-9-14(15)18-17(21)13-7-2-1-3-8-13/h1-5,7-10H,6,11-12H2,(H,18,21)(H,19,20). The van der Waals surface area contributed by atoms with E-state index in [2.05, 4.69) is 5.32 Å². The largest absolute Gasteiger partial charge is 0.491 e. The Morgan fingerprint density at radius 3 is 2.41 bits per heavy atom. The third-order valence-electron chi connectivity index (χ3n) is 2.96. The molecule has 2 N–H and O–H groups in total. The van der Waals surface area contributed by atoms with Crippen molar-refractivity contribution in [3.8, 4) is 5.75 Å². The molecule has 0 fully saturated rings. The van der Waals surface area contributed by atoms with Gasteiger partial charge in [0.15, 0.2) is 0 Å². The number of hydrogen-bond acceptors (Lipinski definition) is 3. The molecule has 5 heteroatoms. The van der Waals surface area contributed by atoms with Gasteiger partial charge in [0.05, 0.1) is 12.3 Å². The van der Waals surface area contributed by atoms with Gasteiger partial charge >= 0.3 is 5.97 Å². The number of anilines is 1. The number of amides is 1. The van der Waals surface area contributed by atoms with E-state index in [0.717, 1.165) is 0 Å². The SMILES string of the molecule is O=C(O)CCCOc1ccccc1NC(=O)c1ccccc1. The second kappa shape index (κ2) is 7.83. The van der Waals surface area contributed by atoms with Crippen LogP contribution in [0.15, 0.2) is 54.6 Å². The molecule has 0 atom stereocenters. The minimum Gasteiger partial charge on any atom is -0.491 e. The van der Waals surface area contributed by atoms with Gasteiger partial charge in [-0.1, -0.05) is 30.3 Å². The van der Waals surface area contributed by atoms with Crippen LogP contribution in [-0.4, -0.2) is 23.6 Å². The van der Waals surface area contributed by atoms with E-state index in [1.807, 2.05) is 6.07 Å². The molecule has 0 heterocycles. The Morgan fingerprint density at radius 1 is 1.00 bits per heavy atom. The normalized spacial score (nSPS) is 10.0. The second-order valence-electron chi connectivity index (χ2n) is 4.66. The molecular formula is C17H17NO4. The van der Waals surface area contributed by atoms with Crippen LogP contribution in [0, 0.1) is 0 Å². The Balaban J connectivity index is 1.99. The van der Waals surface area contributed by atoms with Crippen molar-refractivity contribution in [3.63, 3.8) is 0 Å². The predicted molar refractivity (Wildman–Crippen MR) is 83.2 cm³/mol. The van der Waals surface area contributed by atoms with E-state index in [0.29, 0.717) is 23.4 Å². The first-order valence-corrected chi connectivity index (χ1v) is 6.97. The molecule has 0 bridgehead atoms. The summed E-state index contributed by atoms with van der Waals surface area (Å²) in [4.78, 5) is 22.6. The molecule has 0 unspecified atom stereocenters. The molecule has 0 aliphatic heterocycles. The number of benzene rings is 2. The maximum absolute atomic E-state index is 12.1. The fourth-order valence-electron chi connectivity index (χ4n) is 1.89. The van der Waals surface area contributed by atoms with Crippen molar-refractivity contribution in [1.82, 2.24) is 0 Å². The van der Waals surface area contributed by atoms with Gasteiger partial charge in [0, 0.05) is 12.0 Å². The number of aliphatic carboxylic acids is 1. The van der Waals surface area contributed by atoms with E-state index in [1.165, 1.54) is 0 Å². The Hall–Kier alpha value is -2.82. The fraction of sp³-hybridized carbons (Fsp3) is 0.176. The van der Waals surface area contributed by atoms with E-state index in [9.17, 15) is 9.59 Å². The lowest BCUT2D eigenvalue weighted by Gasteiger charge is -2.12. The molecule has 0 saturated carbocycles. The fourth-order valence-corrected chi connectivity index (χ4v) is 1.89. The molecule has 2 rings (SSSR count). The third kappa shape index (κ3) is 4.63. The summed E-state index contributed by atoms with van der Waals surface area (Å²) < 4.78 is 5.55. The maximum atomic E-state index is 12.1. The van der Waals surface area contributed by atoms with Crippen LogP contribution in [0.5, 0.6) is 5.75 Å². The first-order chi connectivity index (χ1) is 10.7. The number of ether oxygens (including phenoxy) is 1. The van der Waals surface area contributed by atoms with E-state index < -0.39 is 5.97 Å². The zero-order valence-corrected chi connectivity index (χ0v) is 12.0. The summed E-state index contributed by atoms with van der Waals surface area (Å²) in [5.74, 6) is -0.548. The Bertz CT molecular complexity index is 640. The molecule has 0 saturated heterocycles. The molecule has 1 amide bonds. The molecule has 0 aliphatic carbocycles. The lowest BCUT2D eigenvalue weighted by molar-refractivity contribution is -0.137. The first-order valence-electron chi connectivity index (χ1n) is 6.97. The van der Waals surface area contributed by atoms with Gasteiger partial charge < -0.3 is 15.2 Å². The first kappa shape index (κ1) is 15.6. The highest BCUT2D eigenvalue weighted by Crippen LogP contribution is 2.24. The number of carbonyl (C=O) groups excluding carboxylic acids is 1. The van der Waals surface area contributed by atoms with Crippen LogP contribution in [0.3, 0.4) is 0 Å². The van der Waals surface area contributed by atoms with Gasteiger partial charge in [0.1, 0.15) is 5.75 Å². The minimum absolute atomic E-state index is 0.0541. The van der Waals surface area contributed by atoms with Gasteiger partial charge in [-0.25, -0.2) is 0 Å². The maximum Gasteiger partial charge on any atom is 0.303 e. The van der Waals surface area contributed by atoms with E-state index >= 15 is 0 Å². The predicted octanol–water partition coefficient (Wildman–Crippen LogP) is 3.18. The van der Waals surface area contributed by atoms with Gasteiger partial charge in [-0.05, 0) is 30.7 Å². The highest BCUT2D eigenvalue weighted by molar-refractivity contribution is 6.04. The van der Waals surface area contributed by atoms with Crippen molar-refractivity contribution >= 4 is 17.6 Å². The summed E-state index contributed by atoms with van der Waals surface area (Å²) in [6.45, 7) is 0.282. The Kier molecular flexibility index (Phi) is 5.54. The molecule has 5 nitrogen and oxygen atoms in total. The van der Waals surface area contributed by atoms with E-state index in [-0.39, 0.29) is 18.9 Å². The monoisotopic (exact) mass is 299 g/mol. The van der Waals surface area contributed by atoms with Crippen molar-refractivity contribution in [3.05, 3.63) is 60.2 Å². The van der Waals surface area contributed by atoms with E-state index in [1.54, 1.807) is 48.5 Å². The smallest absolute Gasteiger partial charge is 0.303 e. The van der Waals surface area contributed by atoms with Gasteiger partial charge in [-0.15, -0.1) is 0 Å². The molecule has 0 spiro atoms. The van der Waals surface area contributed by atoms with Crippen LogP contribution in [0.4, 0.5) is 5.69 Å². The van der Waals surface area contributed by atoms with Crippen molar-refractivity contribution < 1.29 is 19.4 Å². The quantitative estimate of drug-likeness (QED) is 0.770. The number of hydrogen-bond donors (Lipinski definition) is 2. The second-order valence-corrected chi connectivity index (χ2v) is 4.66. The molecule has 2 aromatic rings. The number of nitrogens with one attached hydrogen (secondary N) is 1. The minimum atomic E-state index is -0.853.